The zero-order chi connectivity index (χ0) is 30.3. The molecule has 2 aromatic rings. The minimum Gasteiger partial charge on any atom is -0.591 e. The first-order valence-corrected chi connectivity index (χ1v) is 14.9. The molecule has 3 N–H and O–H groups in total. The first-order valence-electron chi connectivity index (χ1n) is 13.8. The second kappa shape index (κ2) is 14.4. The predicted molar refractivity (Wildman–Crippen MR) is 153 cm³/mol. The second-order valence-electron chi connectivity index (χ2n) is 11.1. The molecule has 2 aliphatic heterocycles. The van der Waals surface area contributed by atoms with E-state index in [-0.39, 0.29) is 31.8 Å². The van der Waals surface area contributed by atoms with E-state index in [1.165, 1.54) is 7.11 Å². The summed E-state index contributed by atoms with van der Waals surface area (Å²) in [7, 11) is 1.52. The zero-order valence-corrected chi connectivity index (χ0v) is 25.0. The molecule has 4 rings (SSSR count). The Morgan fingerprint density at radius 3 is 2.50 bits per heavy atom. The molecule has 2 aromatic carbocycles. The van der Waals surface area contributed by atoms with Crippen LogP contribution in [0.5, 0.6) is 5.75 Å². The topological polar surface area (TPSA) is 151 Å². The first kappa shape index (κ1) is 31.9. The summed E-state index contributed by atoms with van der Waals surface area (Å²) < 4.78 is 42.0. The molecule has 0 bridgehead atoms. The minimum absolute atomic E-state index is 0.0475. The van der Waals surface area contributed by atoms with Crippen molar-refractivity contribution in [2.45, 2.75) is 68.6 Å². The van der Waals surface area contributed by atoms with Gasteiger partial charge in [-0.3, -0.25) is 0 Å². The Bertz CT molecular complexity index is 1170. The lowest BCUT2D eigenvalue weighted by atomic mass is 10.0. The van der Waals surface area contributed by atoms with Gasteiger partial charge in [-0.2, -0.15) is 0 Å². The van der Waals surface area contributed by atoms with Crippen LogP contribution in [0.2, 0.25) is 0 Å². The molecule has 0 radical (unpaired) electrons. The number of nitrogens with zero attached hydrogens (tertiary/aromatic N) is 1. The third kappa shape index (κ3) is 8.96. The molecule has 6 atom stereocenters. The third-order valence-electron chi connectivity index (χ3n) is 6.74. The van der Waals surface area contributed by atoms with Crippen LogP contribution in [-0.4, -0.2) is 83.3 Å². The fraction of sp³-hybridized carbons (Fsp3) is 0.517. The van der Waals surface area contributed by atoms with Gasteiger partial charge in [0.15, 0.2) is 11.2 Å². The molecule has 12 nitrogen and oxygen atoms in total. The zero-order valence-electron chi connectivity index (χ0n) is 24.2. The molecule has 2 aliphatic rings. The van der Waals surface area contributed by atoms with Gasteiger partial charge in [0, 0.05) is 0 Å². The van der Waals surface area contributed by atoms with Gasteiger partial charge in [0.05, 0.1) is 44.9 Å². The first-order chi connectivity index (χ1) is 20.0. The van der Waals surface area contributed by atoms with Crippen molar-refractivity contribution in [3.8, 4) is 5.75 Å². The van der Waals surface area contributed by atoms with Crippen molar-refractivity contribution in [1.82, 2.24) is 15.2 Å². The molecule has 0 aromatic heterocycles. The molecule has 1 unspecified atom stereocenters. The highest BCUT2D eigenvalue weighted by atomic mass is 32.2. The number of ether oxygens (including phenoxy) is 5. The number of carbonyl (C=O) groups excluding carboxylic acids is 2. The molecule has 2 fully saturated rings. The van der Waals surface area contributed by atoms with Crippen molar-refractivity contribution < 1.29 is 42.9 Å². The predicted octanol–water partition coefficient (Wildman–Crippen LogP) is 2.92. The highest BCUT2D eigenvalue weighted by Gasteiger charge is 2.44. The van der Waals surface area contributed by atoms with E-state index in [4.69, 9.17) is 23.7 Å². The van der Waals surface area contributed by atoms with E-state index in [2.05, 4.69) is 10.7 Å². The van der Waals surface area contributed by atoms with E-state index in [9.17, 15) is 19.2 Å². The number of nitrogens with one attached hydrogen (secondary N) is 2. The number of rotatable bonds is 11. The molecule has 0 saturated carbocycles. The highest BCUT2D eigenvalue weighted by Crippen LogP contribution is 2.33. The van der Waals surface area contributed by atoms with Gasteiger partial charge in [0.25, 0.3) is 0 Å². The van der Waals surface area contributed by atoms with Crippen molar-refractivity contribution in [2.24, 2.45) is 5.92 Å². The number of amides is 2. The largest absolute Gasteiger partial charge is 0.591 e. The van der Waals surface area contributed by atoms with Crippen LogP contribution in [0.4, 0.5) is 9.59 Å². The van der Waals surface area contributed by atoms with Gasteiger partial charge in [0.1, 0.15) is 28.8 Å². The van der Waals surface area contributed by atoms with Gasteiger partial charge in [0.2, 0.25) is 0 Å². The number of aliphatic hydroxyl groups is 1. The summed E-state index contributed by atoms with van der Waals surface area (Å²) in [6, 6.07) is 14.9. The lowest BCUT2D eigenvalue weighted by Gasteiger charge is -2.31. The average molecular weight is 606 g/mol. The molecule has 230 valence electrons. The number of methoxy groups -OCH3 is 1. The molecule has 0 aliphatic carbocycles. The Kier molecular flexibility index (Phi) is 10.9. The highest BCUT2D eigenvalue weighted by molar-refractivity contribution is 7.89. The summed E-state index contributed by atoms with van der Waals surface area (Å²) in [4.78, 5) is 26.0. The van der Waals surface area contributed by atoms with Crippen LogP contribution in [-0.2, 0) is 36.7 Å². The number of hydrazine groups is 1. The average Bonchev–Trinajstić information content (AvgIpc) is 3.57. The number of benzene rings is 2. The van der Waals surface area contributed by atoms with E-state index in [1.807, 2.05) is 30.3 Å². The Labute approximate surface area is 248 Å². The number of alkyl carbamates (subject to hydrolysis) is 1. The van der Waals surface area contributed by atoms with Crippen molar-refractivity contribution >= 4 is 23.5 Å². The summed E-state index contributed by atoms with van der Waals surface area (Å²) >= 11 is -1.95. The van der Waals surface area contributed by atoms with E-state index < -0.39 is 47.4 Å². The van der Waals surface area contributed by atoms with E-state index in [1.54, 1.807) is 45.0 Å². The molecule has 2 amide bonds. The van der Waals surface area contributed by atoms with Crippen molar-refractivity contribution in [3.05, 3.63) is 60.2 Å². The maximum atomic E-state index is 13.6. The molecule has 13 heteroatoms. The number of hydrogen-bond acceptors (Lipinski definition) is 10. The summed E-state index contributed by atoms with van der Waals surface area (Å²) in [6.07, 6.45) is -2.76. The van der Waals surface area contributed by atoms with Gasteiger partial charge in [-0.15, -0.1) is 0 Å². The van der Waals surface area contributed by atoms with Crippen LogP contribution < -0.4 is 15.5 Å². The van der Waals surface area contributed by atoms with E-state index in [0.717, 1.165) is 16.4 Å². The Morgan fingerprint density at radius 2 is 1.83 bits per heavy atom. The smallest absolute Gasteiger partial charge is 0.425 e. The fourth-order valence-electron chi connectivity index (χ4n) is 4.70. The molecule has 42 heavy (non-hydrogen) atoms. The number of aliphatic hydroxyl groups excluding tert-OH is 1. The van der Waals surface area contributed by atoms with Crippen LogP contribution in [0.25, 0.3) is 0 Å². The van der Waals surface area contributed by atoms with Crippen molar-refractivity contribution in [1.29, 1.82) is 0 Å². The molecule has 0 spiro atoms. The van der Waals surface area contributed by atoms with Gasteiger partial charge in [-0.05, 0) is 67.9 Å². The Hall–Kier alpha value is -3.07. The molecule has 2 heterocycles. The van der Waals surface area contributed by atoms with Crippen molar-refractivity contribution in [3.63, 3.8) is 0 Å². The maximum absolute atomic E-state index is 13.6. The molecular weight excluding hydrogens is 566 g/mol. The van der Waals surface area contributed by atoms with Gasteiger partial charge in [-0.25, -0.2) is 15.0 Å². The van der Waals surface area contributed by atoms with E-state index >= 15 is 0 Å². The summed E-state index contributed by atoms with van der Waals surface area (Å²) in [6.45, 7) is 5.55. The second-order valence-corrected chi connectivity index (χ2v) is 12.5. The Balaban J connectivity index is 1.50. The summed E-state index contributed by atoms with van der Waals surface area (Å²) in [5.74, 6) is 0.518. The third-order valence-corrected chi connectivity index (χ3v) is 8.05. The van der Waals surface area contributed by atoms with Crippen LogP contribution in [0.1, 0.15) is 32.8 Å². The van der Waals surface area contributed by atoms with Crippen LogP contribution in [0.15, 0.2) is 59.5 Å². The minimum atomic E-state index is -1.95. The monoisotopic (exact) mass is 605 g/mol. The van der Waals surface area contributed by atoms with Crippen LogP contribution >= 0.6 is 0 Å². The molecule has 2 saturated heterocycles. The Morgan fingerprint density at radius 1 is 1.12 bits per heavy atom. The number of fused-ring (bicyclic) bond motifs is 1. The van der Waals surface area contributed by atoms with E-state index in [0.29, 0.717) is 17.3 Å². The SMILES string of the molecule is COc1ccc([S+]([O-])N(C[C@@H](O)[C@H](Cc2ccccc2)NC(=O)O[C@H]2CO[C@H]3OCC[C@H]32)NC(=O)OC(C)(C)C)cc1. The fourth-order valence-corrected chi connectivity index (χ4v) is 5.76. The lowest BCUT2D eigenvalue weighted by molar-refractivity contribution is -0.0907. The molecular formula is C29H39N3O9S. The number of carbonyl (C=O) groups is 2. The maximum Gasteiger partial charge on any atom is 0.425 e. The lowest BCUT2D eigenvalue weighted by Crippen LogP contribution is -2.55. The summed E-state index contributed by atoms with van der Waals surface area (Å²) in [5.41, 5.74) is 2.52. The van der Waals surface area contributed by atoms with Gasteiger partial charge in [-0.1, -0.05) is 30.3 Å². The normalized spacial score (nSPS) is 22.1. The van der Waals surface area contributed by atoms with Gasteiger partial charge >= 0.3 is 12.2 Å². The number of hydrogen-bond donors (Lipinski definition) is 3. The van der Waals surface area contributed by atoms with Gasteiger partial charge < -0.3 is 38.7 Å². The standard InChI is InChI=1S/C29H39N3O9S/c1-29(2,3)41-28(35)31-32(42(36)21-12-10-20(37-4)11-13-21)17-24(33)23(16-19-8-6-5-7-9-19)30-27(34)40-25-18-39-26-22(25)14-15-38-26/h5-13,22-26,33H,14-18H2,1-4H3,(H,30,34)(H,31,35)/t22-,23-,24+,25-,26+,42?/m0/s1. The summed E-state index contributed by atoms with van der Waals surface area (Å²) in [5, 5.41) is 14.2. The quantitative estimate of drug-likeness (QED) is 0.258. The van der Waals surface area contributed by atoms with Crippen LogP contribution in [0.3, 0.4) is 0 Å². The van der Waals surface area contributed by atoms with Crippen LogP contribution in [0, 0.1) is 5.92 Å². The van der Waals surface area contributed by atoms with Crippen molar-refractivity contribution in [2.75, 3.05) is 26.9 Å².